The molecule has 0 bridgehead atoms. The summed E-state index contributed by atoms with van der Waals surface area (Å²) in [5.74, 6) is 0.617. The summed E-state index contributed by atoms with van der Waals surface area (Å²) in [6, 6.07) is 13.5. The van der Waals surface area contributed by atoms with Crippen LogP contribution in [0.3, 0.4) is 0 Å². The van der Waals surface area contributed by atoms with Gasteiger partial charge >= 0.3 is 0 Å². The van der Waals surface area contributed by atoms with Crippen LogP contribution in [0.15, 0.2) is 42.5 Å². The van der Waals surface area contributed by atoms with Crippen molar-refractivity contribution in [1.29, 1.82) is 0 Å². The minimum Gasteiger partial charge on any atom is -0.504 e. The van der Waals surface area contributed by atoms with Crippen molar-refractivity contribution in [2.45, 2.75) is 19.3 Å². The minimum absolute atomic E-state index is 0.0429. The molecule has 0 radical (unpaired) electrons. The lowest BCUT2D eigenvalue weighted by Crippen LogP contribution is -2.25. The topological polar surface area (TPSA) is 58.6 Å². The average Bonchev–Trinajstić information content (AvgIpc) is 2.54. The Labute approximate surface area is 150 Å². The number of hydrogen-bond donors (Lipinski definition) is 2. The maximum atomic E-state index is 11.9. The number of hydrogen-bond acceptors (Lipinski definition) is 3. The normalized spacial score (nSPS) is 10.3. The van der Waals surface area contributed by atoms with E-state index >= 15 is 0 Å². The molecule has 122 valence electrons. The average molecular weight is 425 g/mol. The highest BCUT2D eigenvalue weighted by Gasteiger charge is 2.05. The predicted octanol–water partition coefficient (Wildman–Crippen LogP) is 3.30. The molecule has 0 atom stereocenters. The molecular formula is C18H20INO3. The number of amides is 1. The highest BCUT2D eigenvalue weighted by molar-refractivity contribution is 14.1. The molecule has 5 heteroatoms. The molecule has 2 aromatic carbocycles. The predicted molar refractivity (Wildman–Crippen MR) is 98.9 cm³/mol. The van der Waals surface area contributed by atoms with Crippen LogP contribution < -0.4 is 10.1 Å². The summed E-state index contributed by atoms with van der Waals surface area (Å²) in [7, 11) is 1.52. The second-order valence-corrected chi connectivity index (χ2v) is 6.48. The molecule has 4 nitrogen and oxygen atoms in total. The minimum atomic E-state index is 0.0429. The zero-order valence-electron chi connectivity index (χ0n) is 13.0. The van der Waals surface area contributed by atoms with E-state index < -0.39 is 0 Å². The number of carbonyl (C=O) groups is 1. The van der Waals surface area contributed by atoms with Crippen LogP contribution in [0, 0.1) is 3.57 Å². The van der Waals surface area contributed by atoms with Crippen LogP contribution >= 0.6 is 22.6 Å². The molecule has 2 rings (SSSR count). The molecule has 0 spiro atoms. The number of carbonyl (C=O) groups excluding carboxylic acids is 1. The van der Waals surface area contributed by atoms with Crippen LogP contribution in [0.5, 0.6) is 11.5 Å². The van der Waals surface area contributed by atoms with Gasteiger partial charge < -0.3 is 15.2 Å². The van der Waals surface area contributed by atoms with Gasteiger partial charge in [-0.1, -0.05) is 18.2 Å². The summed E-state index contributed by atoms with van der Waals surface area (Å²) < 4.78 is 6.20. The van der Waals surface area contributed by atoms with E-state index in [2.05, 4.69) is 40.0 Å². The van der Waals surface area contributed by atoms with E-state index in [0.29, 0.717) is 25.1 Å². The van der Waals surface area contributed by atoms with Gasteiger partial charge in [0, 0.05) is 16.5 Å². The molecule has 0 fully saturated rings. The fourth-order valence-electron chi connectivity index (χ4n) is 2.23. The Morgan fingerprint density at radius 2 is 1.83 bits per heavy atom. The molecule has 0 heterocycles. The molecule has 1 amide bonds. The summed E-state index contributed by atoms with van der Waals surface area (Å²) in [6.45, 7) is 0.553. The van der Waals surface area contributed by atoms with Crippen molar-refractivity contribution < 1.29 is 14.6 Å². The third kappa shape index (κ3) is 5.74. The second-order valence-electron chi connectivity index (χ2n) is 5.23. The Bertz CT molecular complexity index is 656. The highest BCUT2D eigenvalue weighted by Crippen LogP contribution is 2.26. The number of aromatic hydroxyl groups is 1. The Hall–Kier alpha value is -1.76. The summed E-state index contributed by atoms with van der Waals surface area (Å²) in [5.41, 5.74) is 2.13. The summed E-state index contributed by atoms with van der Waals surface area (Å²) in [5, 5.41) is 12.6. The first-order valence-corrected chi connectivity index (χ1v) is 8.53. The number of rotatable bonds is 7. The van der Waals surface area contributed by atoms with Crippen molar-refractivity contribution in [2.24, 2.45) is 0 Å². The van der Waals surface area contributed by atoms with E-state index in [9.17, 15) is 9.90 Å². The molecule has 23 heavy (non-hydrogen) atoms. The highest BCUT2D eigenvalue weighted by atomic mass is 127. The number of benzene rings is 2. The largest absolute Gasteiger partial charge is 0.504 e. The van der Waals surface area contributed by atoms with Crippen LogP contribution in [0.1, 0.15) is 17.5 Å². The van der Waals surface area contributed by atoms with E-state index in [4.69, 9.17) is 4.74 Å². The van der Waals surface area contributed by atoms with E-state index in [1.54, 1.807) is 12.1 Å². The summed E-state index contributed by atoms with van der Waals surface area (Å²) in [6.07, 6.45) is 1.90. The quantitative estimate of drug-likeness (QED) is 0.670. The smallest absolute Gasteiger partial charge is 0.220 e. The Balaban J connectivity index is 1.72. The molecule has 0 aliphatic heterocycles. The standard InChI is InChI=1S/C18H20INO3/c1-23-17-8-4-14(12-16(17)21)10-11-20-18(22)9-5-13-2-6-15(19)7-3-13/h2-4,6-8,12,21H,5,9-11H2,1H3,(H,20,22). The van der Waals surface area contributed by atoms with E-state index in [1.165, 1.54) is 16.2 Å². The number of phenolic OH excluding ortho intramolecular Hbond substituents is 1. The van der Waals surface area contributed by atoms with Gasteiger partial charge in [0.15, 0.2) is 11.5 Å². The van der Waals surface area contributed by atoms with Crippen molar-refractivity contribution in [2.75, 3.05) is 13.7 Å². The van der Waals surface area contributed by atoms with Gasteiger partial charge in [0.05, 0.1) is 7.11 Å². The van der Waals surface area contributed by atoms with Crippen molar-refractivity contribution >= 4 is 28.5 Å². The van der Waals surface area contributed by atoms with Crippen LogP contribution in [0.2, 0.25) is 0 Å². The molecular weight excluding hydrogens is 405 g/mol. The van der Waals surface area contributed by atoms with Gasteiger partial charge in [0.1, 0.15) is 0 Å². The van der Waals surface area contributed by atoms with Crippen LogP contribution in [0.4, 0.5) is 0 Å². The zero-order chi connectivity index (χ0) is 16.7. The molecule has 0 saturated carbocycles. The number of aryl methyl sites for hydroxylation is 1. The lowest BCUT2D eigenvalue weighted by atomic mass is 10.1. The number of halogens is 1. The third-order valence-corrected chi connectivity index (χ3v) is 4.25. The van der Waals surface area contributed by atoms with Gasteiger partial charge in [-0.2, -0.15) is 0 Å². The fourth-order valence-corrected chi connectivity index (χ4v) is 2.59. The summed E-state index contributed by atoms with van der Waals surface area (Å²) >= 11 is 2.26. The Kier molecular flexibility index (Phi) is 6.70. The van der Waals surface area contributed by atoms with Crippen molar-refractivity contribution in [3.05, 3.63) is 57.2 Å². The molecule has 0 unspecified atom stereocenters. The molecule has 0 aliphatic carbocycles. The maximum absolute atomic E-state index is 11.9. The van der Waals surface area contributed by atoms with Crippen LogP contribution in [-0.2, 0) is 17.6 Å². The first-order valence-electron chi connectivity index (χ1n) is 7.45. The second kappa shape index (κ2) is 8.76. The Morgan fingerprint density at radius 1 is 1.13 bits per heavy atom. The molecule has 0 aromatic heterocycles. The first kappa shape index (κ1) is 17.6. The van der Waals surface area contributed by atoms with Crippen LogP contribution in [-0.4, -0.2) is 24.7 Å². The van der Waals surface area contributed by atoms with E-state index in [0.717, 1.165) is 12.0 Å². The number of methoxy groups -OCH3 is 1. The van der Waals surface area contributed by atoms with Gasteiger partial charge in [0.25, 0.3) is 0 Å². The lowest BCUT2D eigenvalue weighted by Gasteiger charge is -2.08. The molecule has 0 aliphatic rings. The van der Waals surface area contributed by atoms with Gasteiger partial charge in [-0.15, -0.1) is 0 Å². The van der Waals surface area contributed by atoms with Crippen LogP contribution in [0.25, 0.3) is 0 Å². The van der Waals surface area contributed by atoms with Gasteiger partial charge in [-0.25, -0.2) is 0 Å². The SMILES string of the molecule is COc1ccc(CCNC(=O)CCc2ccc(I)cc2)cc1O. The van der Waals surface area contributed by atoms with E-state index in [-0.39, 0.29) is 11.7 Å². The van der Waals surface area contributed by atoms with Gasteiger partial charge in [-0.05, 0) is 70.8 Å². The van der Waals surface area contributed by atoms with Crippen molar-refractivity contribution in [3.63, 3.8) is 0 Å². The number of phenols is 1. The van der Waals surface area contributed by atoms with Gasteiger partial charge in [-0.3, -0.25) is 4.79 Å². The Morgan fingerprint density at radius 3 is 2.48 bits per heavy atom. The third-order valence-electron chi connectivity index (χ3n) is 3.53. The zero-order valence-corrected chi connectivity index (χ0v) is 15.2. The van der Waals surface area contributed by atoms with E-state index in [1.807, 2.05) is 18.2 Å². The summed E-state index contributed by atoms with van der Waals surface area (Å²) in [4.78, 5) is 11.9. The maximum Gasteiger partial charge on any atom is 0.220 e. The van der Waals surface area contributed by atoms with Crippen molar-refractivity contribution in [1.82, 2.24) is 5.32 Å². The molecule has 2 aromatic rings. The molecule has 2 N–H and O–H groups in total. The molecule has 0 saturated heterocycles. The monoisotopic (exact) mass is 425 g/mol. The fraction of sp³-hybridized carbons (Fsp3) is 0.278. The number of nitrogens with one attached hydrogen (secondary N) is 1. The van der Waals surface area contributed by atoms with Crippen molar-refractivity contribution in [3.8, 4) is 11.5 Å². The number of ether oxygens (including phenoxy) is 1. The van der Waals surface area contributed by atoms with Gasteiger partial charge in [0.2, 0.25) is 5.91 Å². The first-order chi connectivity index (χ1) is 11.1. The lowest BCUT2D eigenvalue weighted by molar-refractivity contribution is -0.121.